The normalized spacial score (nSPS) is 12.3. The summed E-state index contributed by atoms with van der Waals surface area (Å²) in [6.07, 6.45) is 4.33. The van der Waals surface area contributed by atoms with Crippen molar-refractivity contribution in [3.8, 4) is 0 Å². The highest BCUT2D eigenvalue weighted by atomic mass is 15.3. The van der Waals surface area contributed by atoms with Gasteiger partial charge in [0, 0.05) is 24.4 Å². The number of hydrogen-bond acceptors (Lipinski definition) is 4. The van der Waals surface area contributed by atoms with Crippen LogP contribution >= 0.6 is 0 Å². The number of aryl methyl sites for hydroxylation is 1. The van der Waals surface area contributed by atoms with Crippen LogP contribution in [0.25, 0.3) is 5.78 Å². The van der Waals surface area contributed by atoms with E-state index in [1.165, 1.54) is 0 Å². The summed E-state index contributed by atoms with van der Waals surface area (Å²) in [5.74, 6) is 1.36. The Labute approximate surface area is 88.3 Å². The highest BCUT2D eigenvalue weighted by Gasteiger charge is 2.15. The largest absolute Gasteiger partial charge is 0.325 e. The molecular weight excluding hydrogens is 190 g/mol. The fourth-order valence-electron chi connectivity index (χ4n) is 1.40. The van der Waals surface area contributed by atoms with Crippen LogP contribution in [0.15, 0.2) is 12.4 Å². The standard InChI is InChI=1S/C10H15N5/c1-7-5-12-9-13-8(4-10(2,3)11)14-15(9)6-7/h5-6H,4,11H2,1-3H3. The van der Waals surface area contributed by atoms with Crippen LogP contribution in [0.2, 0.25) is 0 Å². The lowest BCUT2D eigenvalue weighted by Gasteiger charge is -2.14. The number of nitrogens with two attached hydrogens (primary N) is 1. The molecule has 0 spiro atoms. The second kappa shape index (κ2) is 3.27. The van der Waals surface area contributed by atoms with Crippen molar-refractivity contribution < 1.29 is 0 Å². The summed E-state index contributed by atoms with van der Waals surface area (Å²) in [6, 6.07) is 0. The molecule has 2 aromatic heterocycles. The number of aromatic nitrogens is 4. The molecule has 15 heavy (non-hydrogen) atoms. The van der Waals surface area contributed by atoms with Crippen LogP contribution in [0.5, 0.6) is 0 Å². The van der Waals surface area contributed by atoms with Crippen molar-refractivity contribution in [2.24, 2.45) is 5.73 Å². The zero-order chi connectivity index (χ0) is 11.1. The first-order valence-corrected chi connectivity index (χ1v) is 4.91. The van der Waals surface area contributed by atoms with E-state index in [1.807, 2.05) is 27.0 Å². The summed E-state index contributed by atoms with van der Waals surface area (Å²) < 4.78 is 1.69. The van der Waals surface area contributed by atoms with Crippen LogP contribution in [0, 0.1) is 6.92 Å². The predicted octanol–water partition coefficient (Wildman–Crippen LogP) is 0.713. The Hall–Kier alpha value is -1.49. The first-order chi connectivity index (χ1) is 6.94. The van der Waals surface area contributed by atoms with Crippen LogP contribution in [-0.2, 0) is 6.42 Å². The Morgan fingerprint density at radius 3 is 2.87 bits per heavy atom. The van der Waals surface area contributed by atoms with Crippen LogP contribution in [0.1, 0.15) is 25.2 Å². The molecule has 2 rings (SSSR count). The van der Waals surface area contributed by atoms with Gasteiger partial charge in [0.2, 0.25) is 0 Å². The average molecular weight is 205 g/mol. The number of hydrogen-bond donors (Lipinski definition) is 1. The van der Waals surface area contributed by atoms with Crippen LogP contribution in [0.4, 0.5) is 0 Å². The lowest BCUT2D eigenvalue weighted by atomic mass is 10.0. The molecular formula is C10H15N5. The minimum absolute atomic E-state index is 0.292. The van der Waals surface area contributed by atoms with Gasteiger partial charge in [-0.3, -0.25) is 0 Å². The van der Waals surface area contributed by atoms with Gasteiger partial charge in [0.05, 0.1) is 0 Å². The molecule has 80 valence electrons. The summed E-state index contributed by atoms with van der Waals surface area (Å²) >= 11 is 0. The van der Waals surface area contributed by atoms with Crippen molar-refractivity contribution in [2.45, 2.75) is 32.7 Å². The molecule has 0 radical (unpaired) electrons. The predicted molar refractivity (Wildman–Crippen MR) is 57.5 cm³/mol. The fourth-order valence-corrected chi connectivity index (χ4v) is 1.40. The average Bonchev–Trinajstić information content (AvgIpc) is 2.42. The van der Waals surface area contributed by atoms with Crippen LogP contribution < -0.4 is 5.73 Å². The first-order valence-electron chi connectivity index (χ1n) is 4.91. The molecule has 0 atom stereocenters. The highest BCUT2D eigenvalue weighted by molar-refractivity contribution is 5.27. The second-order valence-electron chi connectivity index (χ2n) is 4.57. The molecule has 0 saturated carbocycles. The van der Waals surface area contributed by atoms with Crippen molar-refractivity contribution in [3.63, 3.8) is 0 Å². The summed E-state index contributed by atoms with van der Waals surface area (Å²) in [4.78, 5) is 8.48. The SMILES string of the molecule is Cc1cnc2nc(CC(C)(C)N)nn2c1. The Morgan fingerprint density at radius 1 is 1.47 bits per heavy atom. The van der Waals surface area contributed by atoms with Gasteiger partial charge in [-0.15, -0.1) is 5.10 Å². The van der Waals surface area contributed by atoms with Gasteiger partial charge >= 0.3 is 0 Å². The third kappa shape index (κ3) is 2.30. The zero-order valence-electron chi connectivity index (χ0n) is 9.23. The van der Waals surface area contributed by atoms with Crippen molar-refractivity contribution in [2.75, 3.05) is 0 Å². The highest BCUT2D eigenvalue weighted by Crippen LogP contribution is 2.07. The summed E-state index contributed by atoms with van der Waals surface area (Å²) in [5, 5.41) is 4.32. The summed E-state index contributed by atoms with van der Waals surface area (Å²) in [6.45, 7) is 5.88. The van der Waals surface area contributed by atoms with Gasteiger partial charge < -0.3 is 5.73 Å². The molecule has 0 saturated heterocycles. The minimum atomic E-state index is -0.292. The second-order valence-corrected chi connectivity index (χ2v) is 4.57. The van der Waals surface area contributed by atoms with E-state index >= 15 is 0 Å². The van der Waals surface area contributed by atoms with Crippen molar-refractivity contribution in [1.82, 2.24) is 19.6 Å². The maximum absolute atomic E-state index is 5.91. The van der Waals surface area contributed by atoms with E-state index in [9.17, 15) is 0 Å². The minimum Gasteiger partial charge on any atom is -0.325 e. The number of rotatable bonds is 2. The Balaban J connectivity index is 2.39. The van der Waals surface area contributed by atoms with Crippen LogP contribution in [-0.4, -0.2) is 25.1 Å². The van der Waals surface area contributed by atoms with Gasteiger partial charge in [-0.05, 0) is 26.3 Å². The maximum Gasteiger partial charge on any atom is 0.252 e. The number of fused-ring (bicyclic) bond motifs is 1. The quantitative estimate of drug-likeness (QED) is 0.784. The fraction of sp³-hybridized carbons (Fsp3) is 0.500. The lowest BCUT2D eigenvalue weighted by Crippen LogP contribution is -2.34. The molecule has 5 nitrogen and oxygen atoms in total. The Morgan fingerprint density at radius 2 is 2.20 bits per heavy atom. The van der Waals surface area contributed by atoms with Crippen molar-refractivity contribution >= 4 is 5.78 Å². The molecule has 0 unspecified atom stereocenters. The summed E-state index contributed by atoms with van der Waals surface area (Å²) in [5.41, 5.74) is 6.68. The smallest absolute Gasteiger partial charge is 0.252 e. The molecule has 0 aliphatic rings. The third-order valence-electron chi connectivity index (χ3n) is 1.98. The number of nitrogens with zero attached hydrogens (tertiary/aromatic N) is 4. The molecule has 0 aliphatic carbocycles. The van der Waals surface area contributed by atoms with Gasteiger partial charge in [-0.2, -0.15) is 4.98 Å². The van der Waals surface area contributed by atoms with Gasteiger partial charge in [0.1, 0.15) is 0 Å². The van der Waals surface area contributed by atoms with E-state index in [-0.39, 0.29) is 5.54 Å². The van der Waals surface area contributed by atoms with E-state index in [2.05, 4.69) is 15.1 Å². The molecule has 2 N–H and O–H groups in total. The molecule has 5 heteroatoms. The molecule has 0 aliphatic heterocycles. The van der Waals surface area contributed by atoms with Crippen molar-refractivity contribution in [1.29, 1.82) is 0 Å². The van der Waals surface area contributed by atoms with Gasteiger partial charge in [-0.25, -0.2) is 9.50 Å². The zero-order valence-corrected chi connectivity index (χ0v) is 9.23. The van der Waals surface area contributed by atoms with Gasteiger partial charge in [0.15, 0.2) is 5.82 Å². The van der Waals surface area contributed by atoms with Crippen molar-refractivity contribution in [3.05, 3.63) is 23.8 Å². The van der Waals surface area contributed by atoms with Gasteiger partial charge in [-0.1, -0.05) is 0 Å². The maximum atomic E-state index is 5.91. The third-order valence-corrected chi connectivity index (χ3v) is 1.98. The Bertz CT molecular complexity index is 480. The first kappa shape index (κ1) is 10.0. The van der Waals surface area contributed by atoms with Gasteiger partial charge in [0.25, 0.3) is 5.78 Å². The van der Waals surface area contributed by atoms with E-state index in [1.54, 1.807) is 10.7 Å². The summed E-state index contributed by atoms with van der Waals surface area (Å²) in [7, 11) is 0. The monoisotopic (exact) mass is 205 g/mol. The molecule has 0 fully saturated rings. The molecule has 0 aromatic carbocycles. The molecule has 2 heterocycles. The molecule has 2 aromatic rings. The molecule has 0 amide bonds. The van der Waals surface area contributed by atoms with E-state index < -0.39 is 0 Å². The van der Waals surface area contributed by atoms with Crippen LogP contribution in [0.3, 0.4) is 0 Å². The van der Waals surface area contributed by atoms with E-state index in [0.717, 1.165) is 11.4 Å². The topological polar surface area (TPSA) is 69.1 Å². The lowest BCUT2D eigenvalue weighted by molar-refractivity contribution is 0.502. The van der Waals surface area contributed by atoms with E-state index in [0.29, 0.717) is 12.2 Å². The Kier molecular flexibility index (Phi) is 2.19. The van der Waals surface area contributed by atoms with E-state index in [4.69, 9.17) is 5.73 Å². The molecule has 0 bridgehead atoms.